The van der Waals surface area contributed by atoms with E-state index in [0.717, 1.165) is 18.0 Å². The van der Waals surface area contributed by atoms with E-state index in [-0.39, 0.29) is 24.1 Å². The van der Waals surface area contributed by atoms with Gasteiger partial charge in [0.25, 0.3) is 5.91 Å². The van der Waals surface area contributed by atoms with Gasteiger partial charge in [-0.25, -0.2) is 4.98 Å². The Bertz CT molecular complexity index is 470. The zero-order valence-corrected chi connectivity index (χ0v) is 11.8. The highest BCUT2D eigenvalue weighted by molar-refractivity contribution is 7.09. The highest BCUT2D eigenvalue weighted by Gasteiger charge is 2.41. The van der Waals surface area contributed by atoms with Crippen LogP contribution in [0.4, 0.5) is 0 Å². The van der Waals surface area contributed by atoms with Crippen molar-refractivity contribution < 1.29 is 9.53 Å². The highest BCUT2D eigenvalue weighted by Crippen LogP contribution is 2.38. The summed E-state index contributed by atoms with van der Waals surface area (Å²) in [6.07, 6.45) is 3.55. The Hall–Kier alpha value is -0.980. The summed E-state index contributed by atoms with van der Waals surface area (Å²) >= 11 is 1.44. The maximum atomic E-state index is 12.2. The quantitative estimate of drug-likeness (QED) is 0.876. The molecule has 1 amide bonds. The molecule has 5 nitrogen and oxygen atoms in total. The minimum atomic E-state index is -0.124. The average Bonchev–Trinajstić information content (AvgIpc) is 2.93. The largest absolute Gasteiger partial charge is 0.376 e. The summed E-state index contributed by atoms with van der Waals surface area (Å²) in [7, 11) is 0. The molecule has 2 fully saturated rings. The van der Waals surface area contributed by atoms with Gasteiger partial charge in [-0.3, -0.25) is 4.79 Å². The van der Waals surface area contributed by atoms with Crippen LogP contribution in [0.25, 0.3) is 0 Å². The van der Waals surface area contributed by atoms with Crippen LogP contribution in [-0.2, 0) is 4.74 Å². The predicted octanol–water partition coefficient (Wildman–Crippen LogP) is 1.46. The van der Waals surface area contributed by atoms with Crippen LogP contribution < -0.4 is 11.1 Å². The first-order valence-corrected chi connectivity index (χ1v) is 7.66. The molecule has 0 bridgehead atoms. The number of hydrogen-bond acceptors (Lipinski definition) is 5. The number of nitrogens with one attached hydrogen (secondary N) is 1. The molecular weight excluding hydrogens is 262 g/mol. The number of ether oxygens (including phenoxy) is 1. The number of rotatable bonds is 4. The fourth-order valence-corrected chi connectivity index (χ4v) is 3.26. The molecule has 0 spiro atoms. The van der Waals surface area contributed by atoms with Crippen LogP contribution in [0.5, 0.6) is 0 Å². The van der Waals surface area contributed by atoms with E-state index in [1.54, 1.807) is 5.38 Å². The minimum absolute atomic E-state index is 0.107. The van der Waals surface area contributed by atoms with Gasteiger partial charge in [-0.1, -0.05) is 0 Å². The maximum absolute atomic E-state index is 12.2. The zero-order chi connectivity index (χ0) is 13.4. The first kappa shape index (κ1) is 13.0. The number of amides is 1. The van der Waals surface area contributed by atoms with Gasteiger partial charge in [-0.15, -0.1) is 11.3 Å². The van der Waals surface area contributed by atoms with Crippen LogP contribution >= 0.6 is 11.3 Å². The van der Waals surface area contributed by atoms with E-state index in [0.29, 0.717) is 11.6 Å². The molecule has 0 radical (unpaired) electrons. The third-order valence-corrected chi connectivity index (χ3v) is 4.73. The van der Waals surface area contributed by atoms with Gasteiger partial charge in [-0.05, 0) is 32.1 Å². The van der Waals surface area contributed by atoms with Crippen LogP contribution in [0.3, 0.4) is 0 Å². The van der Waals surface area contributed by atoms with Gasteiger partial charge in [0.2, 0.25) is 0 Å². The number of carbonyl (C=O) groups is 1. The summed E-state index contributed by atoms with van der Waals surface area (Å²) in [5.74, 6) is 0.534. The number of thiazole rings is 1. The van der Waals surface area contributed by atoms with Crippen molar-refractivity contribution in [1.29, 1.82) is 0 Å². The van der Waals surface area contributed by atoms with E-state index >= 15 is 0 Å². The van der Waals surface area contributed by atoms with E-state index in [9.17, 15) is 4.79 Å². The molecule has 1 aromatic heterocycles. The molecule has 1 aliphatic carbocycles. The Kier molecular flexibility index (Phi) is 3.56. The number of nitrogens with two attached hydrogens (primary N) is 1. The first-order chi connectivity index (χ1) is 9.15. The number of aromatic nitrogens is 1. The van der Waals surface area contributed by atoms with Crippen molar-refractivity contribution in [2.24, 2.45) is 11.7 Å². The van der Waals surface area contributed by atoms with Crippen molar-refractivity contribution in [2.75, 3.05) is 6.61 Å². The predicted molar refractivity (Wildman–Crippen MR) is 73.1 cm³/mol. The molecule has 6 heteroatoms. The molecule has 1 saturated carbocycles. The van der Waals surface area contributed by atoms with Crippen LogP contribution in [0.15, 0.2) is 5.38 Å². The van der Waals surface area contributed by atoms with Gasteiger partial charge in [0.05, 0.1) is 18.2 Å². The molecule has 1 aromatic rings. The Morgan fingerprint density at radius 1 is 1.58 bits per heavy atom. The fourth-order valence-electron chi connectivity index (χ4n) is 2.50. The summed E-state index contributed by atoms with van der Waals surface area (Å²) in [6.45, 7) is 2.61. The van der Waals surface area contributed by atoms with Crippen LogP contribution in [0, 0.1) is 5.92 Å². The second-order valence-corrected chi connectivity index (χ2v) is 6.29. The summed E-state index contributed by atoms with van der Waals surface area (Å²) in [5.41, 5.74) is 6.23. The second-order valence-electron chi connectivity index (χ2n) is 5.40. The number of carbonyl (C=O) groups excluding carboxylic acids is 1. The van der Waals surface area contributed by atoms with Gasteiger partial charge < -0.3 is 15.8 Å². The van der Waals surface area contributed by atoms with E-state index in [1.165, 1.54) is 24.2 Å². The molecule has 3 unspecified atom stereocenters. The lowest BCUT2D eigenvalue weighted by molar-refractivity contribution is 0.0727. The highest BCUT2D eigenvalue weighted by atomic mass is 32.1. The molecule has 3 atom stereocenters. The molecule has 3 rings (SSSR count). The van der Waals surface area contributed by atoms with E-state index in [4.69, 9.17) is 10.5 Å². The summed E-state index contributed by atoms with van der Waals surface area (Å²) in [4.78, 5) is 16.4. The third kappa shape index (κ3) is 2.80. The smallest absolute Gasteiger partial charge is 0.271 e. The van der Waals surface area contributed by atoms with Crippen molar-refractivity contribution in [3.05, 3.63) is 16.1 Å². The molecule has 0 aromatic carbocycles. The first-order valence-electron chi connectivity index (χ1n) is 6.78. The van der Waals surface area contributed by atoms with Crippen LogP contribution in [-0.4, -0.2) is 29.6 Å². The Balaban J connectivity index is 1.63. The summed E-state index contributed by atoms with van der Waals surface area (Å²) in [5, 5.41) is 5.63. The molecule has 19 heavy (non-hydrogen) atoms. The summed E-state index contributed by atoms with van der Waals surface area (Å²) in [6, 6.07) is 0.0148. The van der Waals surface area contributed by atoms with E-state index in [2.05, 4.69) is 10.3 Å². The van der Waals surface area contributed by atoms with E-state index in [1.807, 2.05) is 6.92 Å². The second kappa shape index (κ2) is 5.19. The van der Waals surface area contributed by atoms with Crippen molar-refractivity contribution in [3.8, 4) is 0 Å². The van der Waals surface area contributed by atoms with E-state index < -0.39 is 0 Å². The van der Waals surface area contributed by atoms with Crippen LogP contribution in [0.2, 0.25) is 0 Å². The standard InChI is InChI=1S/C13H19N3O2S/c1-7(14)13-16-10(6-19-13)12(17)15-9-4-5-18-11(9)8-2-3-8/h6-9,11H,2-5,14H2,1H3,(H,15,17). The van der Waals surface area contributed by atoms with Crippen LogP contribution in [0.1, 0.15) is 47.7 Å². The average molecular weight is 281 g/mol. The molecular formula is C13H19N3O2S. The van der Waals surface area contributed by atoms with Gasteiger partial charge in [0.15, 0.2) is 0 Å². The minimum Gasteiger partial charge on any atom is -0.376 e. The lowest BCUT2D eigenvalue weighted by atomic mass is 10.1. The molecule has 1 saturated heterocycles. The monoisotopic (exact) mass is 281 g/mol. The molecule has 1 aliphatic heterocycles. The Morgan fingerprint density at radius 2 is 2.37 bits per heavy atom. The topological polar surface area (TPSA) is 77.2 Å². The SMILES string of the molecule is CC(N)c1nc(C(=O)NC2CCOC2C2CC2)cs1. The molecule has 104 valence electrons. The number of nitrogens with zero attached hydrogens (tertiary/aromatic N) is 1. The number of hydrogen-bond donors (Lipinski definition) is 2. The zero-order valence-electron chi connectivity index (χ0n) is 11.0. The fraction of sp³-hybridized carbons (Fsp3) is 0.692. The Morgan fingerprint density at radius 3 is 3.00 bits per heavy atom. The van der Waals surface area contributed by atoms with Crippen molar-refractivity contribution in [3.63, 3.8) is 0 Å². The lowest BCUT2D eigenvalue weighted by Crippen LogP contribution is -2.41. The summed E-state index contributed by atoms with van der Waals surface area (Å²) < 4.78 is 5.72. The normalized spacial score (nSPS) is 28.3. The lowest BCUT2D eigenvalue weighted by Gasteiger charge is -2.18. The third-order valence-electron chi connectivity index (χ3n) is 3.68. The molecule has 2 aliphatic rings. The van der Waals surface area contributed by atoms with Gasteiger partial charge in [0.1, 0.15) is 10.7 Å². The van der Waals surface area contributed by atoms with Gasteiger partial charge >= 0.3 is 0 Å². The maximum Gasteiger partial charge on any atom is 0.271 e. The van der Waals surface area contributed by atoms with Gasteiger partial charge in [0, 0.05) is 12.0 Å². The van der Waals surface area contributed by atoms with Crippen molar-refractivity contribution >= 4 is 17.2 Å². The van der Waals surface area contributed by atoms with Gasteiger partial charge in [-0.2, -0.15) is 0 Å². The molecule has 2 heterocycles. The molecule has 3 N–H and O–H groups in total. The van der Waals surface area contributed by atoms with Crippen molar-refractivity contribution in [1.82, 2.24) is 10.3 Å². The van der Waals surface area contributed by atoms with Crippen molar-refractivity contribution in [2.45, 2.75) is 44.4 Å². The Labute approximate surface area is 116 Å².